The van der Waals surface area contributed by atoms with E-state index in [-0.39, 0.29) is 17.7 Å². The van der Waals surface area contributed by atoms with Gasteiger partial charge in [-0.25, -0.2) is 13.8 Å². The van der Waals surface area contributed by atoms with Gasteiger partial charge in [0.1, 0.15) is 4.83 Å². The molecule has 0 saturated carbocycles. The van der Waals surface area contributed by atoms with E-state index < -0.39 is 17.4 Å². The van der Waals surface area contributed by atoms with Gasteiger partial charge in [0.25, 0.3) is 5.56 Å². The Morgan fingerprint density at radius 2 is 2.00 bits per heavy atom. The number of aromatic nitrogens is 2. The first-order chi connectivity index (χ1) is 12.9. The lowest BCUT2D eigenvalue weighted by Gasteiger charge is -2.06. The molecule has 3 heterocycles. The van der Waals surface area contributed by atoms with Gasteiger partial charge in [-0.15, -0.1) is 22.7 Å². The molecule has 8 heteroatoms. The molecule has 4 aromatic rings. The Labute approximate surface area is 160 Å². The molecular formula is C19H12F2N2O2S2. The van der Waals surface area contributed by atoms with Crippen molar-refractivity contribution in [1.82, 2.24) is 9.55 Å². The van der Waals surface area contributed by atoms with Crippen LogP contribution in [0.3, 0.4) is 0 Å². The van der Waals surface area contributed by atoms with Crippen LogP contribution in [0.15, 0.2) is 46.8 Å². The third kappa shape index (κ3) is 3.22. The molecule has 0 aliphatic rings. The zero-order valence-corrected chi connectivity index (χ0v) is 15.7. The Hall–Kier alpha value is -2.71. The Morgan fingerprint density at radius 1 is 1.19 bits per heavy atom. The molecule has 0 spiro atoms. The fourth-order valence-electron chi connectivity index (χ4n) is 2.76. The van der Waals surface area contributed by atoms with Crippen LogP contribution in [0, 0.1) is 18.6 Å². The van der Waals surface area contributed by atoms with Gasteiger partial charge in [0.15, 0.2) is 17.4 Å². The summed E-state index contributed by atoms with van der Waals surface area (Å²) in [5, 5.41) is 2.34. The predicted octanol–water partition coefficient (Wildman–Crippen LogP) is 4.66. The first kappa shape index (κ1) is 17.7. The summed E-state index contributed by atoms with van der Waals surface area (Å²) in [5.74, 6) is -2.63. The van der Waals surface area contributed by atoms with Crippen LogP contribution in [0.1, 0.15) is 15.2 Å². The largest absolute Gasteiger partial charge is 0.292 e. The normalized spacial score (nSPS) is 11.2. The molecular weight excluding hydrogens is 390 g/mol. The molecule has 0 saturated heterocycles. The van der Waals surface area contributed by atoms with Crippen LogP contribution in [0.2, 0.25) is 0 Å². The Balaban J connectivity index is 1.74. The summed E-state index contributed by atoms with van der Waals surface area (Å²) in [7, 11) is 0. The smallest absolute Gasteiger partial charge is 0.263 e. The van der Waals surface area contributed by atoms with Gasteiger partial charge in [-0.3, -0.25) is 14.2 Å². The molecule has 27 heavy (non-hydrogen) atoms. The number of ketones is 1. The molecule has 0 atom stereocenters. The number of carbonyl (C=O) groups is 1. The van der Waals surface area contributed by atoms with Gasteiger partial charge in [-0.05, 0) is 37.3 Å². The molecule has 4 nitrogen and oxygen atoms in total. The maximum Gasteiger partial charge on any atom is 0.263 e. The van der Waals surface area contributed by atoms with Crippen molar-refractivity contribution in [1.29, 1.82) is 0 Å². The SMILES string of the molecule is Cc1ccc(-c2csc3ncn(CC(=O)c4ccc(F)c(F)c4)c(=O)c23)s1. The molecule has 0 unspecified atom stereocenters. The van der Waals surface area contributed by atoms with E-state index in [0.717, 1.165) is 27.5 Å². The second kappa shape index (κ2) is 6.79. The highest BCUT2D eigenvalue weighted by atomic mass is 32.1. The zero-order chi connectivity index (χ0) is 19.1. The van der Waals surface area contributed by atoms with Crippen molar-refractivity contribution in [3.63, 3.8) is 0 Å². The van der Waals surface area contributed by atoms with E-state index in [2.05, 4.69) is 4.98 Å². The number of halogens is 2. The fraction of sp³-hybridized carbons (Fsp3) is 0.105. The highest BCUT2D eigenvalue weighted by Crippen LogP contribution is 2.34. The summed E-state index contributed by atoms with van der Waals surface area (Å²) in [5.41, 5.74) is 0.457. The number of hydrogen-bond donors (Lipinski definition) is 0. The van der Waals surface area contributed by atoms with Crippen LogP contribution in [-0.4, -0.2) is 15.3 Å². The van der Waals surface area contributed by atoms with E-state index in [1.54, 1.807) is 11.3 Å². The molecule has 0 aliphatic carbocycles. The monoisotopic (exact) mass is 402 g/mol. The van der Waals surface area contributed by atoms with E-state index >= 15 is 0 Å². The third-order valence-electron chi connectivity index (χ3n) is 4.12. The van der Waals surface area contributed by atoms with Gasteiger partial charge in [0.05, 0.1) is 18.3 Å². The maximum atomic E-state index is 13.4. The minimum Gasteiger partial charge on any atom is -0.292 e. The molecule has 0 aliphatic heterocycles. The second-order valence-corrected chi connectivity index (χ2v) is 8.12. The van der Waals surface area contributed by atoms with Gasteiger partial charge < -0.3 is 0 Å². The quantitative estimate of drug-likeness (QED) is 0.467. The van der Waals surface area contributed by atoms with E-state index in [0.29, 0.717) is 10.2 Å². The summed E-state index contributed by atoms with van der Waals surface area (Å²) >= 11 is 2.94. The van der Waals surface area contributed by atoms with Crippen molar-refractivity contribution in [2.75, 3.05) is 0 Å². The summed E-state index contributed by atoms with van der Waals surface area (Å²) in [4.78, 5) is 32.3. The number of rotatable bonds is 4. The Morgan fingerprint density at radius 3 is 2.70 bits per heavy atom. The average Bonchev–Trinajstić information content (AvgIpc) is 3.26. The topological polar surface area (TPSA) is 52.0 Å². The first-order valence-corrected chi connectivity index (χ1v) is 9.65. The number of nitrogens with zero attached hydrogens (tertiary/aromatic N) is 2. The van der Waals surface area contributed by atoms with Crippen molar-refractivity contribution < 1.29 is 13.6 Å². The Bertz CT molecular complexity index is 1240. The van der Waals surface area contributed by atoms with Crippen molar-refractivity contribution in [2.45, 2.75) is 13.5 Å². The lowest BCUT2D eigenvalue weighted by atomic mass is 10.1. The molecule has 1 aromatic carbocycles. The molecule has 0 radical (unpaired) electrons. The van der Waals surface area contributed by atoms with E-state index in [1.807, 2.05) is 24.4 Å². The summed E-state index contributed by atoms with van der Waals surface area (Å²) in [6.45, 7) is 1.69. The van der Waals surface area contributed by atoms with Crippen LogP contribution in [0.4, 0.5) is 8.78 Å². The second-order valence-electron chi connectivity index (χ2n) is 5.97. The first-order valence-electron chi connectivity index (χ1n) is 7.96. The van der Waals surface area contributed by atoms with E-state index in [9.17, 15) is 18.4 Å². The standard InChI is InChI=1S/C19H12F2N2O2S2/c1-10-2-5-16(27-10)12-8-26-18-17(12)19(25)23(9-22-18)7-15(24)11-3-4-13(20)14(21)6-11/h2-6,8-9H,7H2,1H3. The van der Waals surface area contributed by atoms with Crippen molar-refractivity contribution >= 4 is 38.7 Å². The fourth-order valence-corrected chi connectivity index (χ4v) is 4.62. The summed E-state index contributed by atoms with van der Waals surface area (Å²) in [6, 6.07) is 6.85. The summed E-state index contributed by atoms with van der Waals surface area (Å²) in [6.07, 6.45) is 1.31. The summed E-state index contributed by atoms with van der Waals surface area (Å²) < 4.78 is 27.6. The average molecular weight is 402 g/mol. The van der Waals surface area contributed by atoms with Crippen LogP contribution in [-0.2, 0) is 6.54 Å². The number of fused-ring (bicyclic) bond motifs is 1. The van der Waals surface area contributed by atoms with Gasteiger partial charge in [-0.1, -0.05) is 0 Å². The number of carbonyl (C=O) groups excluding carboxylic acids is 1. The zero-order valence-electron chi connectivity index (χ0n) is 14.0. The lowest BCUT2D eigenvalue weighted by Crippen LogP contribution is -2.24. The number of Topliss-reactive ketones (excluding diaryl/α,β-unsaturated/α-hetero) is 1. The van der Waals surface area contributed by atoms with Crippen molar-refractivity contribution in [2.24, 2.45) is 0 Å². The van der Waals surface area contributed by atoms with Crippen LogP contribution >= 0.6 is 22.7 Å². The third-order valence-corrected chi connectivity index (χ3v) is 6.04. The minimum atomic E-state index is -1.10. The van der Waals surface area contributed by atoms with E-state index in [1.165, 1.54) is 28.3 Å². The molecule has 0 fully saturated rings. The maximum absolute atomic E-state index is 13.4. The highest BCUT2D eigenvalue weighted by molar-refractivity contribution is 7.19. The number of thiophene rings is 2. The predicted molar refractivity (Wildman–Crippen MR) is 103 cm³/mol. The van der Waals surface area contributed by atoms with Crippen molar-refractivity contribution in [3.05, 3.63) is 74.5 Å². The van der Waals surface area contributed by atoms with Gasteiger partial charge in [0, 0.05) is 26.3 Å². The van der Waals surface area contributed by atoms with Crippen LogP contribution < -0.4 is 5.56 Å². The Kier molecular flexibility index (Phi) is 4.45. The number of aryl methyl sites for hydroxylation is 1. The molecule has 4 rings (SSSR count). The molecule has 3 aromatic heterocycles. The van der Waals surface area contributed by atoms with Gasteiger partial charge in [-0.2, -0.15) is 0 Å². The number of benzene rings is 1. The lowest BCUT2D eigenvalue weighted by molar-refractivity contribution is 0.0970. The minimum absolute atomic E-state index is 0.000297. The van der Waals surface area contributed by atoms with Crippen LogP contribution in [0.25, 0.3) is 20.7 Å². The molecule has 136 valence electrons. The van der Waals surface area contributed by atoms with Crippen molar-refractivity contribution in [3.8, 4) is 10.4 Å². The highest BCUT2D eigenvalue weighted by Gasteiger charge is 2.17. The van der Waals surface area contributed by atoms with E-state index in [4.69, 9.17) is 0 Å². The van der Waals surface area contributed by atoms with Gasteiger partial charge >= 0.3 is 0 Å². The molecule has 0 bridgehead atoms. The molecule has 0 N–H and O–H groups in total. The van der Waals surface area contributed by atoms with Gasteiger partial charge in [0.2, 0.25) is 0 Å². The molecule has 0 amide bonds. The number of hydrogen-bond acceptors (Lipinski definition) is 5. The van der Waals surface area contributed by atoms with Crippen LogP contribution in [0.5, 0.6) is 0 Å².